The highest BCUT2D eigenvalue weighted by atomic mass is 16.5. The summed E-state index contributed by atoms with van der Waals surface area (Å²) in [5.41, 5.74) is 2.18. The molecule has 0 radical (unpaired) electrons. The van der Waals surface area contributed by atoms with Gasteiger partial charge in [0, 0.05) is 20.2 Å². The molecule has 0 spiro atoms. The predicted octanol–water partition coefficient (Wildman–Crippen LogP) is 2.41. The summed E-state index contributed by atoms with van der Waals surface area (Å²) in [7, 11) is 2.03. The lowest BCUT2D eigenvalue weighted by Gasteiger charge is -2.06. The van der Waals surface area contributed by atoms with E-state index in [0.29, 0.717) is 0 Å². The van der Waals surface area contributed by atoms with Gasteiger partial charge in [0.05, 0.1) is 17.6 Å². The number of para-hydroxylation sites is 2. The standard InChI is InChI=1S/C14H19N3O/c1-17-13-5-3-2-4-12(13)16-14(17)15-8-9-18-10-11-6-7-11/h2-5,11H,6-10H2,1H3,(H,15,16). The fourth-order valence-electron chi connectivity index (χ4n) is 2.07. The van der Waals surface area contributed by atoms with Crippen molar-refractivity contribution in [1.82, 2.24) is 9.55 Å². The van der Waals surface area contributed by atoms with E-state index in [1.165, 1.54) is 12.8 Å². The molecule has 2 aromatic rings. The van der Waals surface area contributed by atoms with Crippen molar-refractivity contribution in [1.29, 1.82) is 0 Å². The first-order valence-corrected chi connectivity index (χ1v) is 6.57. The molecule has 0 saturated heterocycles. The minimum Gasteiger partial charge on any atom is -0.379 e. The van der Waals surface area contributed by atoms with Crippen LogP contribution in [0.2, 0.25) is 0 Å². The molecule has 1 heterocycles. The van der Waals surface area contributed by atoms with Crippen molar-refractivity contribution in [2.75, 3.05) is 25.1 Å². The van der Waals surface area contributed by atoms with Crippen molar-refractivity contribution in [3.63, 3.8) is 0 Å². The minimum atomic E-state index is 0.750. The van der Waals surface area contributed by atoms with E-state index in [4.69, 9.17) is 4.74 Å². The molecule has 1 aromatic carbocycles. The number of anilines is 1. The van der Waals surface area contributed by atoms with E-state index in [-0.39, 0.29) is 0 Å². The van der Waals surface area contributed by atoms with Gasteiger partial charge in [0.25, 0.3) is 0 Å². The smallest absolute Gasteiger partial charge is 0.203 e. The molecule has 0 bridgehead atoms. The van der Waals surface area contributed by atoms with Crippen LogP contribution in [0.4, 0.5) is 5.95 Å². The Balaban J connectivity index is 1.54. The number of aromatic nitrogens is 2. The lowest BCUT2D eigenvalue weighted by Crippen LogP contribution is -2.13. The molecule has 4 heteroatoms. The van der Waals surface area contributed by atoms with E-state index in [1.54, 1.807) is 0 Å². The largest absolute Gasteiger partial charge is 0.379 e. The summed E-state index contributed by atoms with van der Waals surface area (Å²) in [6.45, 7) is 2.48. The van der Waals surface area contributed by atoms with Crippen molar-refractivity contribution in [3.8, 4) is 0 Å². The maximum atomic E-state index is 5.59. The monoisotopic (exact) mass is 245 g/mol. The Kier molecular flexibility index (Phi) is 3.19. The van der Waals surface area contributed by atoms with Crippen molar-refractivity contribution in [2.24, 2.45) is 13.0 Å². The zero-order chi connectivity index (χ0) is 12.4. The number of hydrogen-bond acceptors (Lipinski definition) is 3. The molecule has 0 amide bonds. The minimum absolute atomic E-state index is 0.750. The first kappa shape index (κ1) is 11.5. The molecule has 1 N–H and O–H groups in total. The van der Waals surface area contributed by atoms with Crippen LogP contribution in [0.15, 0.2) is 24.3 Å². The highest BCUT2D eigenvalue weighted by Gasteiger charge is 2.20. The maximum absolute atomic E-state index is 5.59. The second-order valence-electron chi connectivity index (χ2n) is 4.93. The Hall–Kier alpha value is -1.55. The Morgan fingerprint density at radius 1 is 1.39 bits per heavy atom. The molecule has 0 atom stereocenters. The van der Waals surface area contributed by atoms with Crippen molar-refractivity contribution in [3.05, 3.63) is 24.3 Å². The van der Waals surface area contributed by atoms with Gasteiger partial charge in [-0.3, -0.25) is 0 Å². The first-order valence-electron chi connectivity index (χ1n) is 6.57. The quantitative estimate of drug-likeness (QED) is 0.794. The van der Waals surface area contributed by atoms with E-state index in [1.807, 2.05) is 25.2 Å². The lowest BCUT2D eigenvalue weighted by atomic mass is 10.3. The van der Waals surface area contributed by atoms with Gasteiger partial charge in [-0.05, 0) is 30.9 Å². The second kappa shape index (κ2) is 4.98. The third kappa shape index (κ3) is 2.48. The predicted molar refractivity (Wildman–Crippen MR) is 72.7 cm³/mol. The van der Waals surface area contributed by atoms with Crippen LogP contribution in [0, 0.1) is 5.92 Å². The summed E-state index contributed by atoms with van der Waals surface area (Å²) in [6, 6.07) is 8.16. The molecule has 3 rings (SSSR count). The highest BCUT2D eigenvalue weighted by Crippen LogP contribution is 2.28. The molecule has 1 aliphatic carbocycles. The Bertz CT molecular complexity index is 531. The fourth-order valence-corrected chi connectivity index (χ4v) is 2.07. The normalized spacial score (nSPS) is 15.2. The first-order chi connectivity index (χ1) is 8.84. The topological polar surface area (TPSA) is 39.1 Å². The van der Waals surface area contributed by atoms with Crippen LogP contribution in [0.5, 0.6) is 0 Å². The molecule has 1 fully saturated rings. The maximum Gasteiger partial charge on any atom is 0.203 e. The summed E-state index contributed by atoms with van der Waals surface area (Å²) in [6.07, 6.45) is 2.69. The fraction of sp³-hybridized carbons (Fsp3) is 0.500. The molecule has 1 aliphatic rings. The van der Waals surface area contributed by atoms with Gasteiger partial charge in [0.2, 0.25) is 5.95 Å². The van der Waals surface area contributed by atoms with Gasteiger partial charge in [0.15, 0.2) is 0 Å². The zero-order valence-electron chi connectivity index (χ0n) is 10.7. The zero-order valence-corrected chi connectivity index (χ0v) is 10.7. The number of hydrogen-bond donors (Lipinski definition) is 1. The summed E-state index contributed by atoms with van der Waals surface area (Å²) < 4.78 is 7.67. The van der Waals surface area contributed by atoms with E-state index < -0.39 is 0 Å². The van der Waals surface area contributed by atoms with Crippen molar-refractivity contribution in [2.45, 2.75) is 12.8 Å². The molecule has 1 saturated carbocycles. The molecule has 96 valence electrons. The van der Waals surface area contributed by atoms with E-state index in [0.717, 1.165) is 42.7 Å². The molecule has 0 unspecified atom stereocenters. The van der Waals surface area contributed by atoms with Gasteiger partial charge >= 0.3 is 0 Å². The third-order valence-corrected chi connectivity index (χ3v) is 3.37. The molecular formula is C14H19N3O. The molecule has 0 aliphatic heterocycles. The van der Waals surface area contributed by atoms with Crippen molar-refractivity contribution >= 4 is 17.0 Å². The Morgan fingerprint density at radius 3 is 3.00 bits per heavy atom. The molecular weight excluding hydrogens is 226 g/mol. The number of aryl methyl sites for hydroxylation is 1. The molecule has 18 heavy (non-hydrogen) atoms. The van der Waals surface area contributed by atoms with Gasteiger partial charge in [0.1, 0.15) is 0 Å². The molecule has 4 nitrogen and oxygen atoms in total. The summed E-state index contributed by atoms with van der Waals surface area (Å²) in [5.74, 6) is 1.74. The average Bonchev–Trinajstić information content (AvgIpc) is 3.16. The van der Waals surface area contributed by atoms with Gasteiger partial charge in [-0.2, -0.15) is 0 Å². The number of imidazole rings is 1. The molecule has 1 aromatic heterocycles. The third-order valence-electron chi connectivity index (χ3n) is 3.37. The summed E-state index contributed by atoms with van der Waals surface area (Å²) >= 11 is 0. The van der Waals surface area contributed by atoms with Crippen LogP contribution in [-0.4, -0.2) is 29.3 Å². The van der Waals surface area contributed by atoms with Gasteiger partial charge in [-0.1, -0.05) is 12.1 Å². The van der Waals surface area contributed by atoms with Gasteiger partial charge in [-0.25, -0.2) is 4.98 Å². The Labute approximate surface area is 107 Å². The second-order valence-corrected chi connectivity index (χ2v) is 4.93. The van der Waals surface area contributed by atoms with E-state index in [2.05, 4.69) is 20.9 Å². The van der Waals surface area contributed by atoms with Crippen LogP contribution in [-0.2, 0) is 11.8 Å². The Morgan fingerprint density at radius 2 is 2.22 bits per heavy atom. The lowest BCUT2D eigenvalue weighted by molar-refractivity contribution is 0.133. The van der Waals surface area contributed by atoms with Crippen LogP contribution in [0.3, 0.4) is 0 Å². The number of nitrogens with zero attached hydrogens (tertiary/aromatic N) is 2. The van der Waals surface area contributed by atoms with E-state index >= 15 is 0 Å². The van der Waals surface area contributed by atoms with Crippen molar-refractivity contribution < 1.29 is 4.74 Å². The van der Waals surface area contributed by atoms with Crippen LogP contribution < -0.4 is 5.32 Å². The van der Waals surface area contributed by atoms with Crippen LogP contribution in [0.1, 0.15) is 12.8 Å². The van der Waals surface area contributed by atoms with Gasteiger partial charge < -0.3 is 14.6 Å². The van der Waals surface area contributed by atoms with Crippen LogP contribution in [0.25, 0.3) is 11.0 Å². The average molecular weight is 245 g/mol. The number of rotatable bonds is 6. The number of benzene rings is 1. The summed E-state index contributed by atoms with van der Waals surface area (Å²) in [4.78, 5) is 4.55. The SMILES string of the molecule is Cn1c(NCCOCC2CC2)nc2ccccc21. The highest BCUT2D eigenvalue weighted by molar-refractivity contribution is 5.78. The number of nitrogens with one attached hydrogen (secondary N) is 1. The van der Waals surface area contributed by atoms with E-state index in [9.17, 15) is 0 Å². The van der Waals surface area contributed by atoms with Gasteiger partial charge in [-0.15, -0.1) is 0 Å². The van der Waals surface area contributed by atoms with Crippen LogP contribution >= 0.6 is 0 Å². The number of fused-ring (bicyclic) bond motifs is 1. The number of ether oxygens (including phenoxy) is 1. The summed E-state index contributed by atoms with van der Waals surface area (Å²) in [5, 5.41) is 3.32.